The number of carbonyl (C=O) groups excluding carboxylic acids is 1. The maximum absolute atomic E-state index is 12.6. The number of rotatable bonds is 6. The lowest BCUT2D eigenvalue weighted by molar-refractivity contribution is -0.126. The molecule has 148 valence electrons. The average molecular weight is 380 g/mol. The van der Waals surface area contributed by atoms with Crippen molar-refractivity contribution in [1.82, 2.24) is 4.90 Å². The van der Waals surface area contributed by atoms with Crippen molar-refractivity contribution in [2.75, 3.05) is 44.8 Å². The van der Waals surface area contributed by atoms with E-state index in [1.165, 1.54) is 11.3 Å². The van der Waals surface area contributed by atoms with Crippen LogP contribution in [0.2, 0.25) is 0 Å². The van der Waals surface area contributed by atoms with Gasteiger partial charge in [-0.1, -0.05) is 18.2 Å². The second-order valence-corrected chi connectivity index (χ2v) is 6.83. The molecule has 0 aromatic heterocycles. The van der Waals surface area contributed by atoms with Crippen molar-refractivity contribution in [3.63, 3.8) is 0 Å². The SMILES string of the molecule is CCOc1ccc(/C=C/C(=O)N2CCN(c3cccc(C)c3)CC2)cc1OC. The first-order valence-corrected chi connectivity index (χ1v) is 9.70. The van der Waals surface area contributed by atoms with Gasteiger partial charge in [0.2, 0.25) is 5.91 Å². The zero-order valence-corrected chi connectivity index (χ0v) is 16.9. The molecule has 0 saturated carbocycles. The quantitative estimate of drug-likeness (QED) is 0.716. The fourth-order valence-electron chi connectivity index (χ4n) is 3.35. The van der Waals surface area contributed by atoms with E-state index < -0.39 is 0 Å². The van der Waals surface area contributed by atoms with E-state index >= 15 is 0 Å². The Kier molecular flexibility index (Phi) is 6.58. The first-order chi connectivity index (χ1) is 13.6. The van der Waals surface area contributed by atoms with E-state index in [2.05, 4.69) is 36.1 Å². The summed E-state index contributed by atoms with van der Waals surface area (Å²) in [5, 5.41) is 0. The van der Waals surface area contributed by atoms with E-state index in [0.717, 1.165) is 31.7 Å². The molecule has 1 heterocycles. The molecule has 1 aliphatic rings. The van der Waals surface area contributed by atoms with Gasteiger partial charge >= 0.3 is 0 Å². The molecule has 28 heavy (non-hydrogen) atoms. The summed E-state index contributed by atoms with van der Waals surface area (Å²) in [6.07, 6.45) is 3.46. The van der Waals surface area contributed by atoms with Gasteiger partial charge in [0.15, 0.2) is 11.5 Å². The third kappa shape index (κ3) is 4.85. The van der Waals surface area contributed by atoms with Crippen molar-refractivity contribution in [2.24, 2.45) is 0 Å². The van der Waals surface area contributed by atoms with Gasteiger partial charge in [-0.3, -0.25) is 4.79 Å². The summed E-state index contributed by atoms with van der Waals surface area (Å²) in [6, 6.07) is 14.2. The van der Waals surface area contributed by atoms with Gasteiger partial charge in [0.1, 0.15) is 0 Å². The lowest BCUT2D eigenvalue weighted by Crippen LogP contribution is -2.48. The van der Waals surface area contributed by atoms with Crippen molar-refractivity contribution in [3.05, 3.63) is 59.7 Å². The molecule has 0 aliphatic carbocycles. The number of methoxy groups -OCH3 is 1. The molecule has 0 bridgehead atoms. The first kappa shape index (κ1) is 19.8. The minimum absolute atomic E-state index is 0.0387. The number of aryl methyl sites for hydroxylation is 1. The molecule has 0 radical (unpaired) electrons. The lowest BCUT2D eigenvalue weighted by atomic mass is 10.1. The summed E-state index contributed by atoms with van der Waals surface area (Å²) in [7, 11) is 1.62. The largest absolute Gasteiger partial charge is 0.493 e. The van der Waals surface area contributed by atoms with E-state index in [-0.39, 0.29) is 5.91 Å². The van der Waals surface area contributed by atoms with Gasteiger partial charge in [0.25, 0.3) is 0 Å². The first-order valence-electron chi connectivity index (χ1n) is 9.70. The molecule has 1 saturated heterocycles. The van der Waals surface area contributed by atoms with Crippen LogP contribution in [0.1, 0.15) is 18.1 Å². The molecular formula is C23H28N2O3. The van der Waals surface area contributed by atoms with Gasteiger partial charge < -0.3 is 19.3 Å². The fourth-order valence-corrected chi connectivity index (χ4v) is 3.35. The molecule has 0 spiro atoms. The molecule has 1 amide bonds. The van der Waals surface area contributed by atoms with Gasteiger partial charge in [0.05, 0.1) is 13.7 Å². The van der Waals surface area contributed by atoms with Crippen LogP contribution in [0.5, 0.6) is 11.5 Å². The number of ether oxygens (including phenoxy) is 2. The van der Waals surface area contributed by atoms with Crippen LogP contribution < -0.4 is 14.4 Å². The number of anilines is 1. The minimum atomic E-state index is 0.0387. The molecule has 3 rings (SSSR count). The number of piperazine rings is 1. The molecule has 1 aliphatic heterocycles. The maximum atomic E-state index is 12.6. The standard InChI is InChI=1S/C23H28N2O3/c1-4-28-21-10-8-19(17-22(21)27-3)9-11-23(26)25-14-12-24(13-15-25)20-7-5-6-18(2)16-20/h5-11,16-17H,4,12-15H2,1-3H3/b11-9+. The van der Waals surface area contributed by atoms with Crippen LogP contribution in [0, 0.1) is 6.92 Å². The van der Waals surface area contributed by atoms with Crippen molar-refractivity contribution in [3.8, 4) is 11.5 Å². The fraction of sp³-hybridized carbons (Fsp3) is 0.348. The molecule has 0 atom stereocenters. The number of hydrogen-bond acceptors (Lipinski definition) is 4. The Morgan fingerprint density at radius 1 is 1.07 bits per heavy atom. The number of benzene rings is 2. The Morgan fingerprint density at radius 2 is 1.86 bits per heavy atom. The molecular weight excluding hydrogens is 352 g/mol. The molecule has 5 heteroatoms. The van der Waals surface area contributed by atoms with E-state index in [1.54, 1.807) is 13.2 Å². The van der Waals surface area contributed by atoms with Crippen molar-refractivity contribution >= 4 is 17.7 Å². The minimum Gasteiger partial charge on any atom is -0.493 e. The monoisotopic (exact) mass is 380 g/mol. The van der Waals surface area contributed by atoms with Gasteiger partial charge in [-0.15, -0.1) is 0 Å². The van der Waals surface area contributed by atoms with Crippen LogP contribution in [-0.2, 0) is 4.79 Å². The highest BCUT2D eigenvalue weighted by Crippen LogP contribution is 2.28. The number of nitrogens with zero attached hydrogens (tertiary/aromatic N) is 2. The third-order valence-corrected chi connectivity index (χ3v) is 4.86. The number of hydrogen-bond donors (Lipinski definition) is 0. The highest BCUT2D eigenvalue weighted by atomic mass is 16.5. The molecule has 0 unspecified atom stereocenters. The summed E-state index contributed by atoms with van der Waals surface area (Å²) >= 11 is 0. The molecule has 2 aromatic carbocycles. The predicted octanol–water partition coefficient (Wildman–Crippen LogP) is 3.76. The highest BCUT2D eigenvalue weighted by Gasteiger charge is 2.19. The molecule has 2 aromatic rings. The van der Waals surface area contributed by atoms with Gasteiger partial charge in [-0.2, -0.15) is 0 Å². The molecule has 1 fully saturated rings. The second kappa shape index (κ2) is 9.31. The lowest BCUT2D eigenvalue weighted by Gasteiger charge is -2.35. The van der Waals surface area contributed by atoms with Gasteiger partial charge in [-0.25, -0.2) is 0 Å². The van der Waals surface area contributed by atoms with Crippen LogP contribution in [0.15, 0.2) is 48.5 Å². The summed E-state index contributed by atoms with van der Waals surface area (Å²) in [4.78, 5) is 16.8. The van der Waals surface area contributed by atoms with E-state index in [1.807, 2.05) is 36.1 Å². The third-order valence-electron chi connectivity index (χ3n) is 4.86. The Balaban J connectivity index is 1.58. The van der Waals surface area contributed by atoms with Crippen LogP contribution in [0.4, 0.5) is 5.69 Å². The zero-order chi connectivity index (χ0) is 19.9. The summed E-state index contributed by atoms with van der Waals surface area (Å²) in [5.41, 5.74) is 3.39. The summed E-state index contributed by atoms with van der Waals surface area (Å²) < 4.78 is 10.9. The molecule has 5 nitrogen and oxygen atoms in total. The normalized spacial score (nSPS) is 14.4. The van der Waals surface area contributed by atoms with Crippen LogP contribution >= 0.6 is 0 Å². The Bertz CT molecular complexity index is 839. The van der Waals surface area contributed by atoms with E-state index in [4.69, 9.17) is 9.47 Å². The Labute approximate surface area is 167 Å². The number of carbonyl (C=O) groups is 1. The molecule has 0 N–H and O–H groups in total. The average Bonchev–Trinajstić information content (AvgIpc) is 2.73. The van der Waals surface area contributed by atoms with Crippen molar-refractivity contribution < 1.29 is 14.3 Å². The number of amides is 1. The second-order valence-electron chi connectivity index (χ2n) is 6.83. The Morgan fingerprint density at radius 3 is 2.54 bits per heavy atom. The van der Waals surface area contributed by atoms with Crippen LogP contribution in [-0.4, -0.2) is 50.7 Å². The predicted molar refractivity (Wildman–Crippen MR) is 113 cm³/mol. The van der Waals surface area contributed by atoms with E-state index in [0.29, 0.717) is 18.1 Å². The summed E-state index contributed by atoms with van der Waals surface area (Å²) in [6.45, 7) is 7.76. The van der Waals surface area contributed by atoms with Crippen molar-refractivity contribution in [1.29, 1.82) is 0 Å². The van der Waals surface area contributed by atoms with Crippen molar-refractivity contribution in [2.45, 2.75) is 13.8 Å². The van der Waals surface area contributed by atoms with Gasteiger partial charge in [-0.05, 0) is 55.3 Å². The summed E-state index contributed by atoms with van der Waals surface area (Å²) in [5.74, 6) is 1.42. The van der Waals surface area contributed by atoms with E-state index in [9.17, 15) is 4.79 Å². The van der Waals surface area contributed by atoms with Gasteiger partial charge in [0, 0.05) is 37.9 Å². The smallest absolute Gasteiger partial charge is 0.246 e. The van der Waals surface area contributed by atoms with Crippen LogP contribution in [0.3, 0.4) is 0 Å². The maximum Gasteiger partial charge on any atom is 0.246 e. The van der Waals surface area contributed by atoms with Crippen LogP contribution in [0.25, 0.3) is 6.08 Å². The zero-order valence-electron chi connectivity index (χ0n) is 16.9. The Hall–Kier alpha value is -2.95. The highest BCUT2D eigenvalue weighted by molar-refractivity contribution is 5.92. The topological polar surface area (TPSA) is 42.0 Å².